The molecule has 100 valence electrons. The second-order valence-electron chi connectivity index (χ2n) is 4.71. The van der Waals surface area contributed by atoms with E-state index < -0.39 is 0 Å². The van der Waals surface area contributed by atoms with E-state index in [0.29, 0.717) is 11.4 Å². The first-order valence-electron chi connectivity index (χ1n) is 6.07. The molecule has 0 saturated heterocycles. The molecule has 1 atom stereocenters. The van der Waals surface area contributed by atoms with Crippen molar-refractivity contribution in [2.45, 2.75) is 6.04 Å². The third-order valence-corrected chi connectivity index (χ3v) is 3.11. The second-order valence-corrected chi connectivity index (χ2v) is 4.71. The van der Waals surface area contributed by atoms with Gasteiger partial charge in [-0.2, -0.15) is 0 Å². The van der Waals surface area contributed by atoms with Gasteiger partial charge in [0.25, 0.3) is 0 Å². The van der Waals surface area contributed by atoms with Gasteiger partial charge in [-0.3, -0.25) is 0 Å². The summed E-state index contributed by atoms with van der Waals surface area (Å²) in [6.07, 6.45) is 0. The van der Waals surface area contributed by atoms with Gasteiger partial charge in [-0.05, 0) is 17.7 Å². The van der Waals surface area contributed by atoms with E-state index in [0.717, 1.165) is 11.1 Å². The van der Waals surface area contributed by atoms with Crippen molar-refractivity contribution in [2.24, 2.45) is 5.73 Å². The number of nitrogens with zero attached hydrogens (tertiary/aromatic N) is 1. The number of hydrogen-bond acceptors (Lipinski definition) is 3. The fraction of sp³-hybridized carbons (Fsp3) is 0.200. The monoisotopic (exact) mass is 259 g/mol. The molecular weight excluding hydrogens is 241 g/mol. The van der Waals surface area contributed by atoms with E-state index in [-0.39, 0.29) is 11.9 Å². The van der Waals surface area contributed by atoms with Crippen LogP contribution in [-0.2, 0) is 0 Å². The van der Waals surface area contributed by atoms with Crippen molar-refractivity contribution >= 4 is 11.4 Å². The van der Waals surface area contributed by atoms with E-state index in [4.69, 9.17) is 11.5 Å². The summed E-state index contributed by atoms with van der Waals surface area (Å²) >= 11 is 0. The zero-order chi connectivity index (χ0) is 14.0. The van der Waals surface area contributed by atoms with E-state index in [9.17, 15) is 4.39 Å². The fourth-order valence-corrected chi connectivity index (χ4v) is 2.16. The van der Waals surface area contributed by atoms with Gasteiger partial charge in [-0.25, -0.2) is 4.39 Å². The maximum atomic E-state index is 13.5. The highest BCUT2D eigenvalue weighted by molar-refractivity contribution is 5.67. The molecule has 0 bridgehead atoms. The molecule has 2 aromatic rings. The molecule has 0 saturated carbocycles. The molecule has 4 heteroatoms. The summed E-state index contributed by atoms with van der Waals surface area (Å²) in [5, 5.41) is 0. The van der Waals surface area contributed by atoms with Gasteiger partial charge in [-0.1, -0.05) is 30.3 Å². The molecule has 1 unspecified atom stereocenters. The van der Waals surface area contributed by atoms with Crippen LogP contribution in [0.3, 0.4) is 0 Å². The third kappa shape index (κ3) is 2.69. The third-order valence-electron chi connectivity index (χ3n) is 3.11. The summed E-state index contributed by atoms with van der Waals surface area (Å²) in [7, 11) is 3.69. The van der Waals surface area contributed by atoms with E-state index in [1.54, 1.807) is 0 Å². The summed E-state index contributed by atoms with van der Waals surface area (Å²) in [4.78, 5) is 1.82. The van der Waals surface area contributed by atoms with Gasteiger partial charge in [0.2, 0.25) is 0 Å². The van der Waals surface area contributed by atoms with Crippen LogP contribution in [0, 0.1) is 5.82 Å². The molecule has 0 aliphatic rings. The van der Waals surface area contributed by atoms with E-state index in [1.807, 2.05) is 49.3 Å². The van der Waals surface area contributed by atoms with Gasteiger partial charge in [0.05, 0.1) is 6.04 Å². The van der Waals surface area contributed by atoms with Gasteiger partial charge >= 0.3 is 0 Å². The molecule has 0 aromatic heterocycles. The van der Waals surface area contributed by atoms with Crippen LogP contribution < -0.4 is 16.4 Å². The van der Waals surface area contributed by atoms with Crippen LogP contribution in [0.2, 0.25) is 0 Å². The second kappa shape index (κ2) is 5.28. The van der Waals surface area contributed by atoms with Gasteiger partial charge < -0.3 is 16.4 Å². The molecule has 2 aromatic carbocycles. The molecule has 19 heavy (non-hydrogen) atoms. The zero-order valence-corrected chi connectivity index (χ0v) is 11.1. The molecule has 0 amide bonds. The molecule has 0 aliphatic carbocycles. The van der Waals surface area contributed by atoms with E-state index in [2.05, 4.69) is 0 Å². The predicted octanol–water partition coefficient (Wildman–Crippen LogP) is 2.52. The number of rotatable bonds is 3. The van der Waals surface area contributed by atoms with Crippen molar-refractivity contribution in [3.8, 4) is 0 Å². The van der Waals surface area contributed by atoms with Crippen molar-refractivity contribution in [1.29, 1.82) is 0 Å². The molecule has 0 radical (unpaired) electrons. The summed E-state index contributed by atoms with van der Waals surface area (Å²) < 4.78 is 13.5. The molecular formula is C15H18FN3. The number of halogens is 1. The lowest BCUT2D eigenvalue weighted by Gasteiger charge is -2.23. The van der Waals surface area contributed by atoms with Crippen LogP contribution in [0.5, 0.6) is 0 Å². The Hall–Kier alpha value is -2.07. The molecule has 2 rings (SSSR count). The highest BCUT2D eigenvalue weighted by Crippen LogP contribution is 2.33. The summed E-state index contributed by atoms with van der Waals surface area (Å²) in [5.41, 5.74) is 15.0. The average molecular weight is 259 g/mol. The minimum atomic E-state index is -0.376. The fourth-order valence-electron chi connectivity index (χ4n) is 2.16. The first-order valence-corrected chi connectivity index (χ1v) is 6.07. The van der Waals surface area contributed by atoms with E-state index >= 15 is 0 Å². The van der Waals surface area contributed by atoms with Crippen molar-refractivity contribution in [1.82, 2.24) is 0 Å². The van der Waals surface area contributed by atoms with Crippen LogP contribution in [-0.4, -0.2) is 14.1 Å². The van der Waals surface area contributed by atoms with Crippen molar-refractivity contribution in [2.75, 3.05) is 24.7 Å². The molecule has 0 heterocycles. The lowest BCUT2D eigenvalue weighted by atomic mass is 9.96. The number of benzene rings is 2. The minimum absolute atomic E-state index is 0.356. The highest BCUT2D eigenvalue weighted by Gasteiger charge is 2.18. The van der Waals surface area contributed by atoms with Crippen LogP contribution in [0.1, 0.15) is 17.2 Å². The first-order chi connectivity index (χ1) is 9.00. The van der Waals surface area contributed by atoms with Gasteiger partial charge in [0.1, 0.15) is 5.82 Å². The maximum absolute atomic E-state index is 13.5. The Bertz CT molecular complexity index is 567. The number of nitrogens with two attached hydrogens (primary N) is 2. The first kappa shape index (κ1) is 13.4. The normalized spacial score (nSPS) is 12.2. The van der Waals surface area contributed by atoms with Crippen molar-refractivity contribution in [3.63, 3.8) is 0 Å². The quantitative estimate of drug-likeness (QED) is 0.833. The summed E-state index contributed by atoms with van der Waals surface area (Å²) in [5.74, 6) is -0.356. The SMILES string of the molecule is CN(C)c1cc(F)cc(N)c1C(N)c1ccccc1. The number of anilines is 2. The van der Waals surface area contributed by atoms with Crippen LogP contribution >= 0.6 is 0 Å². The van der Waals surface area contributed by atoms with Crippen molar-refractivity contribution < 1.29 is 4.39 Å². The number of nitrogen functional groups attached to an aromatic ring is 1. The summed E-state index contributed by atoms with van der Waals surface area (Å²) in [6, 6.07) is 12.0. The predicted molar refractivity (Wildman–Crippen MR) is 77.6 cm³/mol. The van der Waals surface area contributed by atoms with Crippen LogP contribution in [0.15, 0.2) is 42.5 Å². The Kier molecular flexibility index (Phi) is 3.71. The number of hydrogen-bond donors (Lipinski definition) is 2. The molecule has 0 fully saturated rings. The minimum Gasteiger partial charge on any atom is -0.398 e. The highest BCUT2D eigenvalue weighted by atomic mass is 19.1. The Balaban J connectivity index is 2.55. The Morgan fingerprint density at radius 1 is 1.11 bits per heavy atom. The lowest BCUT2D eigenvalue weighted by Crippen LogP contribution is -2.20. The zero-order valence-electron chi connectivity index (χ0n) is 11.1. The molecule has 0 spiro atoms. The Morgan fingerprint density at radius 3 is 2.32 bits per heavy atom. The standard InChI is InChI=1S/C15H18FN3/c1-19(2)13-9-11(16)8-12(17)14(13)15(18)10-6-4-3-5-7-10/h3-9,15H,17-18H2,1-2H3. The van der Waals surface area contributed by atoms with Gasteiger partial charge in [-0.15, -0.1) is 0 Å². The van der Waals surface area contributed by atoms with Crippen molar-refractivity contribution in [3.05, 3.63) is 59.4 Å². The largest absolute Gasteiger partial charge is 0.398 e. The lowest BCUT2D eigenvalue weighted by molar-refractivity contribution is 0.627. The topological polar surface area (TPSA) is 55.3 Å². The average Bonchev–Trinajstić information content (AvgIpc) is 2.38. The molecule has 0 aliphatic heterocycles. The van der Waals surface area contributed by atoms with E-state index in [1.165, 1.54) is 12.1 Å². The smallest absolute Gasteiger partial charge is 0.127 e. The summed E-state index contributed by atoms with van der Waals surface area (Å²) in [6.45, 7) is 0. The van der Waals surface area contributed by atoms with Gasteiger partial charge in [0.15, 0.2) is 0 Å². The maximum Gasteiger partial charge on any atom is 0.127 e. The Labute approximate surface area is 112 Å². The van der Waals surface area contributed by atoms with Crippen LogP contribution in [0.25, 0.3) is 0 Å². The van der Waals surface area contributed by atoms with Gasteiger partial charge in [0, 0.05) is 31.0 Å². The van der Waals surface area contributed by atoms with Crippen LogP contribution in [0.4, 0.5) is 15.8 Å². The molecule has 3 nitrogen and oxygen atoms in total. The molecule has 4 N–H and O–H groups in total. The Morgan fingerprint density at radius 2 is 1.74 bits per heavy atom.